The number of benzene rings is 1. The molecule has 0 spiro atoms. The number of hydrogen-bond acceptors (Lipinski definition) is 4. The Morgan fingerprint density at radius 3 is 2.77 bits per heavy atom. The van der Waals surface area contributed by atoms with Crippen molar-refractivity contribution in [3.63, 3.8) is 0 Å². The third-order valence-corrected chi connectivity index (χ3v) is 4.54. The second-order valence-corrected chi connectivity index (χ2v) is 5.91. The maximum absolute atomic E-state index is 5.50. The number of pyridine rings is 1. The third kappa shape index (κ3) is 2.40. The molecule has 1 aromatic carbocycles. The molecular weight excluding hydrogens is 300 g/mol. The largest absolute Gasteiger partial charge is 0.454 e. The van der Waals surface area contributed by atoms with E-state index < -0.39 is 0 Å². The van der Waals surface area contributed by atoms with E-state index in [2.05, 4.69) is 24.8 Å². The topological polar surface area (TPSA) is 34.6 Å². The van der Waals surface area contributed by atoms with Crippen LogP contribution >= 0.6 is 12.4 Å². The highest BCUT2D eigenvalue weighted by Crippen LogP contribution is 2.38. The van der Waals surface area contributed by atoms with Crippen LogP contribution in [0.2, 0.25) is 0 Å². The maximum Gasteiger partial charge on any atom is 0.231 e. The van der Waals surface area contributed by atoms with Gasteiger partial charge in [-0.1, -0.05) is 6.92 Å². The van der Waals surface area contributed by atoms with Gasteiger partial charge >= 0.3 is 0 Å². The predicted molar refractivity (Wildman–Crippen MR) is 89.1 cm³/mol. The lowest BCUT2D eigenvalue weighted by atomic mass is 9.96. The molecule has 1 aromatic heterocycles. The lowest BCUT2D eigenvalue weighted by Gasteiger charge is -2.29. The summed E-state index contributed by atoms with van der Waals surface area (Å²) in [5, 5.41) is 1.19. The zero-order chi connectivity index (χ0) is 14.4. The monoisotopic (exact) mass is 320 g/mol. The summed E-state index contributed by atoms with van der Waals surface area (Å²) in [7, 11) is 0. The van der Waals surface area contributed by atoms with Crippen LogP contribution in [0.3, 0.4) is 0 Å². The molecule has 0 saturated carbocycles. The van der Waals surface area contributed by atoms with Crippen LogP contribution in [0.5, 0.6) is 11.5 Å². The van der Waals surface area contributed by atoms with Gasteiger partial charge in [0.15, 0.2) is 11.5 Å². The Morgan fingerprint density at radius 2 is 2.00 bits per heavy atom. The zero-order valence-electron chi connectivity index (χ0n) is 13.0. The molecule has 0 saturated heterocycles. The van der Waals surface area contributed by atoms with Gasteiger partial charge in [-0.3, -0.25) is 9.88 Å². The van der Waals surface area contributed by atoms with Gasteiger partial charge in [0.25, 0.3) is 0 Å². The van der Waals surface area contributed by atoms with Crippen LogP contribution in [0.4, 0.5) is 0 Å². The van der Waals surface area contributed by atoms with Gasteiger partial charge in [-0.05, 0) is 37.1 Å². The molecule has 2 aliphatic heterocycles. The van der Waals surface area contributed by atoms with Gasteiger partial charge in [0.2, 0.25) is 6.79 Å². The van der Waals surface area contributed by atoms with Crippen LogP contribution in [0.15, 0.2) is 12.1 Å². The number of aryl methyl sites for hydroxylation is 1. The fourth-order valence-electron chi connectivity index (χ4n) is 3.41. The fourth-order valence-corrected chi connectivity index (χ4v) is 3.41. The number of aromatic nitrogens is 1. The number of fused-ring (bicyclic) bond motifs is 3. The molecule has 0 amide bonds. The summed E-state index contributed by atoms with van der Waals surface area (Å²) < 4.78 is 11.0. The van der Waals surface area contributed by atoms with Gasteiger partial charge in [0.1, 0.15) is 0 Å². The fraction of sp³-hybridized carbons (Fsp3) is 0.471. The van der Waals surface area contributed by atoms with E-state index in [1.165, 1.54) is 28.6 Å². The number of ether oxygens (including phenoxy) is 2. The number of nitrogens with zero attached hydrogens (tertiary/aromatic N) is 2. The molecular formula is C17H21ClN2O2. The van der Waals surface area contributed by atoms with Gasteiger partial charge < -0.3 is 9.47 Å². The SMILES string of the molecule is CCCN1CCc2nc3cc4c(cc3c(C)c2C1)OCO4.Cl. The molecule has 22 heavy (non-hydrogen) atoms. The highest BCUT2D eigenvalue weighted by atomic mass is 35.5. The first kappa shape index (κ1) is 15.4. The Labute approximate surface area is 136 Å². The summed E-state index contributed by atoms with van der Waals surface area (Å²) in [5.74, 6) is 1.66. The summed E-state index contributed by atoms with van der Waals surface area (Å²) in [6.45, 7) is 8.06. The summed E-state index contributed by atoms with van der Waals surface area (Å²) in [6.07, 6.45) is 2.24. The first-order valence-electron chi connectivity index (χ1n) is 7.70. The van der Waals surface area contributed by atoms with Crippen molar-refractivity contribution < 1.29 is 9.47 Å². The van der Waals surface area contributed by atoms with Crippen molar-refractivity contribution in [2.45, 2.75) is 33.2 Å². The van der Waals surface area contributed by atoms with E-state index in [1.54, 1.807) is 0 Å². The molecule has 0 atom stereocenters. The van der Waals surface area contributed by atoms with Gasteiger partial charge in [-0.15, -0.1) is 12.4 Å². The lowest BCUT2D eigenvalue weighted by Crippen LogP contribution is -2.32. The van der Waals surface area contributed by atoms with Crippen LogP contribution in [0, 0.1) is 6.92 Å². The molecule has 118 valence electrons. The van der Waals surface area contributed by atoms with Crippen molar-refractivity contribution in [3.05, 3.63) is 29.0 Å². The average Bonchev–Trinajstić information content (AvgIpc) is 2.94. The van der Waals surface area contributed by atoms with E-state index in [-0.39, 0.29) is 12.4 Å². The first-order chi connectivity index (χ1) is 10.3. The minimum Gasteiger partial charge on any atom is -0.454 e. The molecule has 2 aliphatic rings. The van der Waals surface area contributed by atoms with Crippen LogP contribution in [-0.2, 0) is 13.0 Å². The smallest absolute Gasteiger partial charge is 0.231 e. The van der Waals surface area contributed by atoms with Crippen LogP contribution in [0.1, 0.15) is 30.2 Å². The number of rotatable bonds is 2. The summed E-state index contributed by atoms with van der Waals surface area (Å²) in [5.41, 5.74) is 5.03. The Hall–Kier alpha value is -1.52. The van der Waals surface area contributed by atoms with Crippen LogP contribution in [0.25, 0.3) is 10.9 Å². The maximum atomic E-state index is 5.50. The minimum atomic E-state index is 0. The number of hydrogen-bond donors (Lipinski definition) is 0. The van der Waals surface area contributed by atoms with Crippen molar-refractivity contribution in [1.82, 2.24) is 9.88 Å². The Kier molecular flexibility index (Phi) is 4.15. The molecule has 4 rings (SSSR count). The molecule has 0 bridgehead atoms. The minimum absolute atomic E-state index is 0. The average molecular weight is 321 g/mol. The van der Waals surface area contributed by atoms with E-state index in [4.69, 9.17) is 14.5 Å². The van der Waals surface area contributed by atoms with Crippen molar-refractivity contribution in [2.24, 2.45) is 0 Å². The lowest BCUT2D eigenvalue weighted by molar-refractivity contribution is 0.174. The Morgan fingerprint density at radius 1 is 1.23 bits per heavy atom. The normalized spacial score (nSPS) is 16.5. The first-order valence-corrected chi connectivity index (χ1v) is 7.70. The van der Waals surface area contributed by atoms with Crippen LogP contribution < -0.4 is 9.47 Å². The summed E-state index contributed by atoms with van der Waals surface area (Å²) in [4.78, 5) is 7.41. The second kappa shape index (κ2) is 5.94. The van der Waals surface area contributed by atoms with Gasteiger partial charge in [-0.25, -0.2) is 0 Å². The molecule has 2 aromatic rings. The van der Waals surface area contributed by atoms with Gasteiger partial charge in [0, 0.05) is 36.7 Å². The van der Waals surface area contributed by atoms with E-state index in [0.717, 1.165) is 43.1 Å². The molecule has 5 heteroatoms. The second-order valence-electron chi connectivity index (χ2n) is 5.91. The van der Waals surface area contributed by atoms with E-state index in [1.807, 2.05) is 6.07 Å². The highest BCUT2D eigenvalue weighted by molar-refractivity contribution is 5.87. The van der Waals surface area contributed by atoms with Crippen molar-refractivity contribution in [3.8, 4) is 11.5 Å². The molecule has 4 nitrogen and oxygen atoms in total. The standard InChI is InChI=1S/C17H20N2O2.ClH/c1-3-5-19-6-4-14-13(9-19)11(2)12-7-16-17(21-10-20-16)8-15(12)18-14;/h7-8H,3-6,9-10H2,1-2H3;1H. The van der Waals surface area contributed by atoms with Crippen molar-refractivity contribution in [2.75, 3.05) is 19.9 Å². The Balaban J connectivity index is 0.00000144. The highest BCUT2D eigenvalue weighted by Gasteiger charge is 2.22. The van der Waals surface area contributed by atoms with E-state index in [0.29, 0.717) is 6.79 Å². The Bertz CT molecular complexity index is 718. The summed E-state index contributed by atoms with van der Waals surface area (Å²) >= 11 is 0. The van der Waals surface area contributed by atoms with Gasteiger partial charge in [0.05, 0.1) is 5.52 Å². The molecule has 0 unspecified atom stereocenters. The quantitative estimate of drug-likeness (QED) is 0.848. The molecule has 0 N–H and O–H groups in total. The third-order valence-electron chi connectivity index (χ3n) is 4.54. The molecule has 0 fully saturated rings. The molecule has 0 aliphatic carbocycles. The number of halogens is 1. The van der Waals surface area contributed by atoms with Gasteiger partial charge in [-0.2, -0.15) is 0 Å². The van der Waals surface area contributed by atoms with Crippen LogP contribution in [-0.4, -0.2) is 29.8 Å². The molecule has 3 heterocycles. The zero-order valence-corrected chi connectivity index (χ0v) is 13.8. The predicted octanol–water partition coefficient (Wildman–Crippen LogP) is 3.46. The van der Waals surface area contributed by atoms with Crippen molar-refractivity contribution >= 4 is 23.3 Å². The van der Waals surface area contributed by atoms with E-state index in [9.17, 15) is 0 Å². The molecule has 0 radical (unpaired) electrons. The van der Waals surface area contributed by atoms with E-state index >= 15 is 0 Å². The summed E-state index contributed by atoms with van der Waals surface area (Å²) in [6, 6.07) is 4.10. The van der Waals surface area contributed by atoms with Crippen molar-refractivity contribution in [1.29, 1.82) is 0 Å².